The number of amides is 2. The molecule has 1 saturated heterocycles. The van der Waals surface area contributed by atoms with Crippen LogP contribution in [0.4, 0.5) is 0 Å². The first-order valence-corrected chi connectivity index (χ1v) is 11.2. The Morgan fingerprint density at radius 3 is 2.74 bits per heavy atom. The van der Waals surface area contributed by atoms with Crippen LogP contribution in [0.25, 0.3) is 0 Å². The molecule has 0 radical (unpaired) electrons. The highest BCUT2D eigenvalue weighted by molar-refractivity contribution is 7.09. The lowest BCUT2D eigenvalue weighted by Gasteiger charge is -2.31. The minimum atomic E-state index is -0.213. The van der Waals surface area contributed by atoms with Crippen molar-refractivity contribution in [2.45, 2.75) is 71.5 Å². The monoisotopic (exact) mass is 392 g/mol. The van der Waals surface area contributed by atoms with Crippen molar-refractivity contribution in [3.8, 4) is 0 Å². The summed E-state index contributed by atoms with van der Waals surface area (Å²) in [5, 5.41) is 6.00. The second-order valence-corrected chi connectivity index (χ2v) is 8.59. The van der Waals surface area contributed by atoms with Gasteiger partial charge in [-0.3, -0.25) is 14.5 Å². The first-order chi connectivity index (χ1) is 13.1. The zero-order chi connectivity index (χ0) is 19.2. The molecule has 7 heteroatoms. The van der Waals surface area contributed by atoms with E-state index in [1.165, 1.54) is 19.3 Å². The van der Waals surface area contributed by atoms with E-state index in [1.807, 2.05) is 4.90 Å². The maximum absolute atomic E-state index is 12.5. The maximum Gasteiger partial charge on any atom is 0.225 e. The largest absolute Gasteiger partial charge is 0.349 e. The molecule has 1 N–H and O–H groups in total. The number of hydrogen-bond acceptors (Lipinski definition) is 5. The van der Waals surface area contributed by atoms with Crippen LogP contribution in [0.15, 0.2) is 5.38 Å². The summed E-state index contributed by atoms with van der Waals surface area (Å²) >= 11 is 1.59. The molecule has 1 aromatic rings. The van der Waals surface area contributed by atoms with Gasteiger partial charge in [0.05, 0.1) is 18.2 Å². The standard InChI is InChI=1S/C20H32N4O2S/c1-3-23(4-2)13-16-14-27-18(22-16)11-21-20(26)15-10-19(25)24(12-15)17-8-6-5-7-9-17/h14-15,17H,3-13H2,1-2H3,(H,21,26). The van der Waals surface area contributed by atoms with Crippen LogP contribution in [0, 0.1) is 5.92 Å². The highest BCUT2D eigenvalue weighted by atomic mass is 32.1. The number of nitrogens with one attached hydrogen (secondary N) is 1. The van der Waals surface area contributed by atoms with Gasteiger partial charge in [-0.25, -0.2) is 4.98 Å². The van der Waals surface area contributed by atoms with Gasteiger partial charge in [0.25, 0.3) is 0 Å². The minimum absolute atomic E-state index is 0.0119. The molecule has 1 atom stereocenters. The molecule has 1 aliphatic carbocycles. The molecule has 0 aromatic carbocycles. The van der Waals surface area contributed by atoms with Gasteiger partial charge in [0.15, 0.2) is 0 Å². The number of carbonyl (C=O) groups is 2. The average Bonchev–Trinajstić information content (AvgIpc) is 3.31. The molecule has 0 spiro atoms. The Labute approximate surface area is 166 Å². The van der Waals surface area contributed by atoms with Crippen molar-refractivity contribution >= 4 is 23.2 Å². The highest BCUT2D eigenvalue weighted by Gasteiger charge is 2.38. The van der Waals surface area contributed by atoms with Gasteiger partial charge in [0.2, 0.25) is 11.8 Å². The summed E-state index contributed by atoms with van der Waals surface area (Å²) in [6.45, 7) is 8.20. The fraction of sp³-hybridized carbons (Fsp3) is 0.750. The van der Waals surface area contributed by atoms with Gasteiger partial charge < -0.3 is 10.2 Å². The predicted octanol–water partition coefficient (Wildman–Crippen LogP) is 2.78. The van der Waals surface area contributed by atoms with Gasteiger partial charge in [-0.1, -0.05) is 33.1 Å². The lowest BCUT2D eigenvalue weighted by molar-refractivity contribution is -0.130. The van der Waals surface area contributed by atoms with E-state index in [-0.39, 0.29) is 17.7 Å². The molecule has 0 bridgehead atoms. The lowest BCUT2D eigenvalue weighted by Crippen LogP contribution is -2.39. The van der Waals surface area contributed by atoms with E-state index in [9.17, 15) is 9.59 Å². The number of hydrogen-bond donors (Lipinski definition) is 1. The summed E-state index contributed by atoms with van der Waals surface area (Å²) in [5.74, 6) is -0.0745. The van der Waals surface area contributed by atoms with E-state index in [1.54, 1.807) is 11.3 Å². The average molecular weight is 393 g/mol. The zero-order valence-corrected chi connectivity index (χ0v) is 17.4. The number of likely N-dealkylation sites (tertiary alicyclic amines) is 1. The van der Waals surface area contributed by atoms with E-state index in [4.69, 9.17) is 0 Å². The number of aromatic nitrogens is 1. The van der Waals surface area contributed by atoms with Gasteiger partial charge in [0, 0.05) is 30.9 Å². The SMILES string of the molecule is CCN(CC)Cc1csc(CNC(=O)C2CC(=O)N(C3CCCCC3)C2)n1. The van der Waals surface area contributed by atoms with Gasteiger partial charge in [-0.2, -0.15) is 0 Å². The van der Waals surface area contributed by atoms with Crippen molar-refractivity contribution in [3.63, 3.8) is 0 Å². The third-order valence-corrected chi connectivity index (χ3v) is 6.74. The summed E-state index contributed by atoms with van der Waals surface area (Å²) in [6, 6.07) is 0.352. The summed E-state index contributed by atoms with van der Waals surface area (Å²) in [6.07, 6.45) is 6.21. The smallest absolute Gasteiger partial charge is 0.225 e. The quantitative estimate of drug-likeness (QED) is 0.739. The van der Waals surface area contributed by atoms with Crippen molar-refractivity contribution in [2.24, 2.45) is 5.92 Å². The van der Waals surface area contributed by atoms with Crippen LogP contribution >= 0.6 is 11.3 Å². The van der Waals surface area contributed by atoms with Crippen molar-refractivity contribution in [1.82, 2.24) is 20.1 Å². The van der Waals surface area contributed by atoms with Crippen LogP contribution in [-0.4, -0.2) is 52.3 Å². The summed E-state index contributed by atoms with van der Waals surface area (Å²) in [7, 11) is 0. The van der Waals surface area contributed by atoms with Crippen LogP contribution in [0.2, 0.25) is 0 Å². The Hall–Kier alpha value is -1.47. The summed E-state index contributed by atoms with van der Waals surface area (Å²) < 4.78 is 0. The van der Waals surface area contributed by atoms with Crippen molar-refractivity contribution in [3.05, 3.63) is 16.1 Å². The Morgan fingerprint density at radius 1 is 1.30 bits per heavy atom. The fourth-order valence-electron chi connectivity index (χ4n) is 4.14. The molecule has 1 aromatic heterocycles. The second kappa shape index (κ2) is 9.64. The van der Waals surface area contributed by atoms with E-state index < -0.39 is 0 Å². The first-order valence-electron chi connectivity index (χ1n) is 10.3. The van der Waals surface area contributed by atoms with Gasteiger partial charge in [-0.05, 0) is 25.9 Å². The van der Waals surface area contributed by atoms with Crippen molar-refractivity contribution < 1.29 is 9.59 Å². The first kappa shape index (κ1) is 20.3. The Bertz CT molecular complexity index is 638. The maximum atomic E-state index is 12.5. The third kappa shape index (κ3) is 5.29. The Morgan fingerprint density at radius 2 is 2.04 bits per heavy atom. The normalized spacial score (nSPS) is 21.2. The van der Waals surface area contributed by atoms with Gasteiger partial charge >= 0.3 is 0 Å². The third-order valence-electron chi connectivity index (χ3n) is 5.84. The summed E-state index contributed by atoms with van der Waals surface area (Å²) in [4.78, 5) is 33.8. The van der Waals surface area contributed by atoms with E-state index in [0.717, 1.165) is 43.2 Å². The topological polar surface area (TPSA) is 65.5 Å². The van der Waals surface area contributed by atoms with E-state index >= 15 is 0 Å². The zero-order valence-electron chi connectivity index (χ0n) is 16.6. The van der Waals surface area contributed by atoms with Crippen LogP contribution in [0.5, 0.6) is 0 Å². The molecule has 1 saturated carbocycles. The number of nitrogens with zero attached hydrogens (tertiary/aromatic N) is 3. The van der Waals surface area contributed by atoms with Crippen molar-refractivity contribution in [1.29, 1.82) is 0 Å². The molecule has 2 heterocycles. The molecule has 6 nitrogen and oxygen atoms in total. The predicted molar refractivity (Wildman–Crippen MR) is 107 cm³/mol. The molecule has 1 unspecified atom stereocenters. The molecular weight excluding hydrogens is 360 g/mol. The molecular formula is C20H32N4O2S. The number of thiazole rings is 1. The van der Waals surface area contributed by atoms with Gasteiger partial charge in [0.1, 0.15) is 5.01 Å². The molecule has 2 amide bonds. The number of carbonyl (C=O) groups excluding carboxylic acids is 2. The molecule has 2 fully saturated rings. The van der Waals surface area contributed by atoms with E-state index in [2.05, 4.69) is 34.4 Å². The molecule has 150 valence electrons. The minimum Gasteiger partial charge on any atom is -0.349 e. The molecule has 2 aliphatic rings. The van der Waals surface area contributed by atoms with E-state index in [0.29, 0.717) is 25.6 Å². The second-order valence-electron chi connectivity index (χ2n) is 7.65. The van der Waals surface area contributed by atoms with Crippen LogP contribution in [0.1, 0.15) is 63.1 Å². The molecule has 3 rings (SSSR count). The number of rotatable bonds is 8. The van der Waals surface area contributed by atoms with Gasteiger partial charge in [-0.15, -0.1) is 11.3 Å². The Kier molecular flexibility index (Phi) is 7.24. The molecule has 1 aliphatic heterocycles. The lowest BCUT2D eigenvalue weighted by atomic mass is 9.94. The van der Waals surface area contributed by atoms with Crippen LogP contribution in [-0.2, 0) is 22.7 Å². The fourth-order valence-corrected chi connectivity index (χ4v) is 4.86. The Balaban J connectivity index is 1.47. The summed E-state index contributed by atoms with van der Waals surface area (Å²) in [5.41, 5.74) is 1.06. The highest BCUT2D eigenvalue weighted by Crippen LogP contribution is 2.28. The van der Waals surface area contributed by atoms with Crippen LogP contribution in [0.3, 0.4) is 0 Å². The van der Waals surface area contributed by atoms with Crippen LogP contribution < -0.4 is 5.32 Å². The molecule has 27 heavy (non-hydrogen) atoms. The van der Waals surface area contributed by atoms with Crippen molar-refractivity contribution in [2.75, 3.05) is 19.6 Å².